The van der Waals surface area contributed by atoms with E-state index in [-0.39, 0.29) is 0 Å². The second kappa shape index (κ2) is 7.57. The summed E-state index contributed by atoms with van der Waals surface area (Å²) in [6, 6.07) is 8.48. The van der Waals surface area contributed by atoms with E-state index in [4.69, 9.17) is 0 Å². The Morgan fingerprint density at radius 3 is 2.75 bits per heavy atom. The molecule has 0 spiro atoms. The number of pyridine rings is 1. The van der Waals surface area contributed by atoms with Gasteiger partial charge in [0.2, 0.25) is 5.95 Å². The van der Waals surface area contributed by atoms with E-state index in [0.29, 0.717) is 6.04 Å². The standard InChI is InChI=1S/C18H26N6/c1-22(2)17-9-11-20-18(21-17)23(3)16-8-6-12-24(14-16)13-15-7-4-5-10-19-15/h4-5,7,9-11,16H,6,8,12-14H2,1-3H3. The number of likely N-dealkylation sites (N-methyl/N-ethyl adjacent to an activating group) is 1. The Kier molecular flexibility index (Phi) is 5.25. The van der Waals surface area contributed by atoms with Crippen molar-refractivity contribution in [3.8, 4) is 0 Å². The fourth-order valence-electron chi connectivity index (χ4n) is 3.13. The molecule has 2 aromatic heterocycles. The summed E-state index contributed by atoms with van der Waals surface area (Å²) in [5, 5.41) is 0. The number of hydrogen-bond donors (Lipinski definition) is 0. The van der Waals surface area contributed by atoms with Gasteiger partial charge in [0.1, 0.15) is 5.82 Å². The summed E-state index contributed by atoms with van der Waals surface area (Å²) in [4.78, 5) is 20.3. The van der Waals surface area contributed by atoms with E-state index in [1.807, 2.05) is 43.5 Å². The first-order valence-electron chi connectivity index (χ1n) is 8.49. The first kappa shape index (κ1) is 16.6. The number of piperidine rings is 1. The number of likely N-dealkylation sites (tertiary alicyclic amines) is 1. The van der Waals surface area contributed by atoms with Crippen molar-refractivity contribution in [1.82, 2.24) is 19.9 Å². The molecule has 2 aromatic rings. The van der Waals surface area contributed by atoms with Crippen LogP contribution in [0.2, 0.25) is 0 Å². The highest BCUT2D eigenvalue weighted by molar-refractivity contribution is 5.42. The predicted octanol–water partition coefficient (Wildman–Crippen LogP) is 2.04. The van der Waals surface area contributed by atoms with Crippen molar-refractivity contribution in [2.45, 2.75) is 25.4 Å². The van der Waals surface area contributed by atoms with Gasteiger partial charge in [0.25, 0.3) is 0 Å². The maximum atomic E-state index is 4.67. The average molecular weight is 326 g/mol. The van der Waals surface area contributed by atoms with Gasteiger partial charge in [-0.25, -0.2) is 4.98 Å². The van der Waals surface area contributed by atoms with Gasteiger partial charge >= 0.3 is 0 Å². The number of anilines is 2. The van der Waals surface area contributed by atoms with Crippen LogP contribution in [0.25, 0.3) is 0 Å². The summed E-state index contributed by atoms with van der Waals surface area (Å²) < 4.78 is 0. The predicted molar refractivity (Wildman–Crippen MR) is 97.3 cm³/mol. The molecule has 0 aromatic carbocycles. The van der Waals surface area contributed by atoms with E-state index in [1.54, 1.807) is 0 Å². The van der Waals surface area contributed by atoms with Gasteiger partial charge in [-0.2, -0.15) is 4.98 Å². The first-order chi connectivity index (χ1) is 11.6. The highest BCUT2D eigenvalue weighted by Gasteiger charge is 2.25. The zero-order valence-electron chi connectivity index (χ0n) is 14.8. The van der Waals surface area contributed by atoms with Gasteiger partial charge < -0.3 is 9.80 Å². The van der Waals surface area contributed by atoms with E-state index in [0.717, 1.165) is 37.1 Å². The molecule has 0 amide bonds. The van der Waals surface area contributed by atoms with E-state index in [2.05, 4.69) is 43.9 Å². The van der Waals surface area contributed by atoms with E-state index >= 15 is 0 Å². The van der Waals surface area contributed by atoms with Gasteiger partial charge in [-0.15, -0.1) is 0 Å². The molecular formula is C18H26N6. The Balaban J connectivity index is 1.66. The number of nitrogens with zero attached hydrogens (tertiary/aromatic N) is 6. The fourth-order valence-corrected chi connectivity index (χ4v) is 3.13. The van der Waals surface area contributed by atoms with Crippen LogP contribution in [0.5, 0.6) is 0 Å². The lowest BCUT2D eigenvalue weighted by Gasteiger charge is -2.37. The Labute approximate surface area is 144 Å². The minimum absolute atomic E-state index is 0.430. The largest absolute Gasteiger partial charge is 0.363 e. The monoisotopic (exact) mass is 326 g/mol. The average Bonchev–Trinajstić information content (AvgIpc) is 2.62. The highest BCUT2D eigenvalue weighted by Crippen LogP contribution is 2.21. The molecule has 0 saturated carbocycles. The molecule has 3 rings (SSSR count). The topological polar surface area (TPSA) is 48.4 Å². The number of aromatic nitrogens is 3. The Bertz CT molecular complexity index is 645. The van der Waals surface area contributed by atoms with Gasteiger partial charge in [-0.1, -0.05) is 6.07 Å². The van der Waals surface area contributed by atoms with Crippen LogP contribution >= 0.6 is 0 Å². The molecular weight excluding hydrogens is 300 g/mol. The van der Waals surface area contributed by atoms with Crippen LogP contribution in [0.1, 0.15) is 18.5 Å². The van der Waals surface area contributed by atoms with E-state index < -0.39 is 0 Å². The van der Waals surface area contributed by atoms with Gasteiger partial charge in [-0.3, -0.25) is 9.88 Å². The van der Waals surface area contributed by atoms with Crippen molar-refractivity contribution < 1.29 is 0 Å². The summed E-state index contributed by atoms with van der Waals surface area (Å²) in [7, 11) is 6.10. The Morgan fingerprint density at radius 1 is 1.12 bits per heavy atom. The Morgan fingerprint density at radius 2 is 2.00 bits per heavy atom. The molecule has 1 atom stereocenters. The summed E-state index contributed by atoms with van der Waals surface area (Å²) in [5.41, 5.74) is 1.13. The molecule has 6 heteroatoms. The maximum Gasteiger partial charge on any atom is 0.227 e. The third-order valence-electron chi connectivity index (χ3n) is 4.54. The van der Waals surface area contributed by atoms with Crippen molar-refractivity contribution in [2.75, 3.05) is 44.0 Å². The second-order valence-electron chi connectivity index (χ2n) is 6.57. The molecule has 1 fully saturated rings. The third kappa shape index (κ3) is 4.00. The highest BCUT2D eigenvalue weighted by atomic mass is 15.3. The van der Waals surface area contributed by atoms with Crippen molar-refractivity contribution in [3.63, 3.8) is 0 Å². The molecule has 3 heterocycles. The molecule has 1 unspecified atom stereocenters. The fraction of sp³-hybridized carbons (Fsp3) is 0.500. The maximum absolute atomic E-state index is 4.67. The second-order valence-corrected chi connectivity index (χ2v) is 6.57. The molecule has 0 radical (unpaired) electrons. The minimum Gasteiger partial charge on any atom is -0.363 e. The molecule has 0 aliphatic carbocycles. The summed E-state index contributed by atoms with van der Waals surface area (Å²) in [5.74, 6) is 1.74. The lowest BCUT2D eigenvalue weighted by atomic mass is 10.0. The molecule has 1 aliphatic heterocycles. The van der Waals surface area contributed by atoms with Crippen molar-refractivity contribution >= 4 is 11.8 Å². The zero-order chi connectivity index (χ0) is 16.9. The van der Waals surface area contributed by atoms with Gasteiger partial charge in [-0.05, 0) is 37.6 Å². The van der Waals surface area contributed by atoms with Crippen LogP contribution in [-0.4, -0.2) is 60.1 Å². The van der Waals surface area contributed by atoms with Gasteiger partial charge in [0.05, 0.1) is 5.69 Å². The normalized spacial score (nSPS) is 18.4. The minimum atomic E-state index is 0.430. The van der Waals surface area contributed by atoms with Crippen molar-refractivity contribution in [1.29, 1.82) is 0 Å². The lowest BCUT2D eigenvalue weighted by Crippen LogP contribution is -2.46. The zero-order valence-corrected chi connectivity index (χ0v) is 14.8. The Hall–Kier alpha value is -2.21. The summed E-state index contributed by atoms with van der Waals surface area (Å²) in [6.45, 7) is 3.05. The van der Waals surface area contributed by atoms with Crippen LogP contribution in [0.15, 0.2) is 36.7 Å². The van der Waals surface area contributed by atoms with Gasteiger partial charge in [0, 0.05) is 52.7 Å². The van der Waals surface area contributed by atoms with Crippen molar-refractivity contribution in [2.24, 2.45) is 0 Å². The molecule has 0 N–H and O–H groups in total. The van der Waals surface area contributed by atoms with Crippen molar-refractivity contribution in [3.05, 3.63) is 42.4 Å². The summed E-state index contributed by atoms with van der Waals surface area (Å²) in [6.07, 6.45) is 6.06. The molecule has 0 bridgehead atoms. The first-order valence-corrected chi connectivity index (χ1v) is 8.49. The molecule has 24 heavy (non-hydrogen) atoms. The molecule has 128 valence electrons. The smallest absolute Gasteiger partial charge is 0.227 e. The van der Waals surface area contributed by atoms with Crippen LogP contribution in [0.4, 0.5) is 11.8 Å². The summed E-state index contributed by atoms with van der Waals surface area (Å²) >= 11 is 0. The molecule has 1 aliphatic rings. The van der Waals surface area contributed by atoms with Crippen LogP contribution in [0.3, 0.4) is 0 Å². The van der Waals surface area contributed by atoms with Crippen LogP contribution < -0.4 is 9.80 Å². The van der Waals surface area contributed by atoms with Crippen LogP contribution in [-0.2, 0) is 6.54 Å². The van der Waals surface area contributed by atoms with Gasteiger partial charge in [0.15, 0.2) is 0 Å². The quantitative estimate of drug-likeness (QED) is 0.838. The van der Waals surface area contributed by atoms with E-state index in [9.17, 15) is 0 Å². The number of hydrogen-bond acceptors (Lipinski definition) is 6. The third-order valence-corrected chi connectivity index (χ3v) is 4.54. The molecule has 6 nitrogen and oxygen atoms in total. The lowest BCUT2D eigenvalue weighted by molar-refractivity contribution is 0.196. The molecule has 1 saturated heterocycles. The van der Waals surface area contributed by atoms with Crippen LogP contribution in [0, 0.1) is 0 Å². The SMILES string of the molecule is CN(C)c1ccnc(N(C)C2CCCN(Cc3ccccn3)C2)n1. The van der Waals surface area contributed by atoms with E-state index in [1.165, 1.54) is 12.8 Å². The number of rotatable bonds is 5.